The van der Waals surface area contributed by atoms with Crippen molar-refractivity contribution in [3.05, 3.63) is 47.8 Å². The number of aliphatic imine (C=N–C) groups is 1. The van der Waals surface area contributed by atoms with E-state index in [0.29, 0.717) is 6.04 Å². The summed E-state index contributed by atoms with van der Waals surface area (Å²) in [5, 5.41) is 3.38. The Labute approximate surface area is 138 Å². The predicted octanol–water partition coefficient (Wildman–Crippen LogP) is 2.49. The molecule has 21 heavy (non-hydrogen) atoms. The first kappa shape index (κ1) is 17.6. The second-order valence-electron chi connectivity index (χ2n) is 5.23. The molecule has 116 valence electrons. The molecule has 1 aromatic carbocycles. The van der Waals surface area contributed by atoms with Crippen molar-refractivity contribution in [1.29, 1.82) is 0 Å². The largest absolute Gasteiger partial charge is 0.361 e. The molecule has 0 radical (unpaired) electrons. The van der Waals surface area contributed by atoms with Crippen molar-refractivity contribution in [2.24, 2.45) is 4.99 Å². The number of hydrogen-bond donors (Lipinski definition) is 1. The lowest BCUT2D eigenvalue weighted by atomic mass is 10.1. The second-order valence-corrected chi connectivity index (χ2v) is 5.23. The predicted molar refractivity (Wildman–Crippen MR) is 94.9 cm³/mol. The van der Waals surface area contributed by atoms with Crippen LogP contribution in [0.4, 0.5) is 0 Å². The van der Waals surface area contributed by atoms with Crippen molar-refractivity contribution >= 4 is 22.9 Å². The molecule has 2 rings (SSSR count). The van der Waals surface area contributed by atoms with Crippen molar-refractivity contribution < 1.29 is 0 Å². The molecule has 0 saturated heterocycles. The molecule has 0 aromatic heterocycles. The van der Waals surface area contributed by atoms with E-state index in [2.05, 4.69) is 77.5 Å². The second kappa shape index (κ2) is 8.08. The van der Waals surface area contributed by atoms with Crippen LogP contribution in [0.3, 0.4) is 0 Å². The summed E-state index contributed by atoms with van der Waals surface area (Å²) in [6.45, 7) is 3.16. The maximum absolute atomic E-state index is 4.29. The summed E-state index contributed by atoms with van der Waals surface area (Å²) in [6, 6.07) is 10.9. The zero-order chi connectivity index (χ0) is 14.5. The number of nitrogens with one attached hydrogen (secondary N) is 1. The van der Waals surface area contributed by atoms with Crippen LogP contribution in [-0.4, -0.2) is 49.5 Å². The van der Waals surface area contributed by atoms with E-state index in [4.69, 9.17) is 0 Å². The Hall–Kier alpha value is -1.49. The summed E-state index contributed by atoms with van der Waals surface area (Å²) in [4.78, 5) is 8.68. The third-order valence-electron chi connectivity index (χ3n) is 3.79. The SMILES string of the molecule is Br.CN=C1NC(N(C)CCc2ccccc2)=CC(C)N1C. The smallest absolute Gasteiger partial charge is 0.199 e. The topological polar surface area (TPSA) is 30.9 Å². The molecule has 0 fully saturated rings. The molecule has 0 saturated carbocycles. The first-order chi connectivity index (χ1) is 9.61. The highest BCUT2D eigenvalue weighted by atomic mass is 79.9. The van der Waals surface area contributed by atoms with Crippen LogP contribution in [0.1, 0.15) is 12.5 Å². The summed E-state index contributed by atoms with van der Waals surface area (Å²) in [5.41, 5.74) is 1.37. The van der Waals surface area contributed by atoms with Gasteiger partial charge in [-0.05, 0) is 25.0 Å². The minimum Gasteiger partial charge on any atom is -0.361 e. The van der Waals surface area contributed by atoms with Gasteiger partial charge in [0, 0.05) is 27.7 Å². The Morgan fingerprint density at radius 3 is 2.57 bits per heavy atom. The fraction of sp³-hybridized carbons (Fsp3) is 0.438. The Kier molecular flexibility index (Phi) is 6.75. The lowest BCUT2D eigenvalue weighted by Crippen LogP contribution is -2.50. The van der Waals surface area contributed by atoms with Crippen molar-refractivity contribution in [2.75, 3.05) is 27.7 Å². The van der Waals surface area contributed by atoms with Gasteiger partial charge in [0.2, 0.25) is 0 Å². The number of rotatable bonds is 4. The number of hydrogen-bond acceptors (Lipinski definition) is 2. The van der Waals surface area contributed by atoms with Crippen molar-refractivity contribution in [3.63, 3.8) is 0 Å². The molecule has 0 aliphatic carbocycles. The summed E-state index contributed by atoms with van der Waals surface area (Å²) in [5.74, 6) is 2.05. The van der Waals surface area contributed by atoms with Crippen molar-refractivity contribution in [1.82, 2.24) is 15.1 Å². The van der Waals surface area contributed by atoms with Gasteiger partial charge in [-0.15, -0.1) is 17.0 Å². The van der Waals surface area contributed by atoms with Gasteiger partial charge in [-0.25, -0.2) is 0 Å². The van der Waals surface area contributed by atoms with Gasteiger partial charge in [0.05, 0.1) is 6.04 Å². The molecule has 1 unspecified atom stereocenters. The minimum atomic E-state index is 0. The first-order valence-electron chi connectivity index (χ1n) is 7.05. The average Bonchev–Trinajstić information content (AvgIpc) is 2.48. The molecule has 0 amide bonds. The normalized spacial score (nSPS) is 19.6. The van der Waals surface area contributed by atoms with E-state index in [1.54, 1.807) is 0 Å². The molecular weight excluding hydrogens is 328 g/mol. The number of halogens is 1. The average molecular weight is 353 g/mol. The van der Waals surface area contributed by atoms with E-state index in [-0.39, 0.29) is 17.0 Å². The van der Waals surface area contributed by atoms with Crippen LogP contribution in [0.2, 0.25) is 0 Å². The molecule has 4 nitrogen and oxygen atoms in total. The van der Waals surface area contributed by atoms with Gasteiger partial charge in [0.15, 0.2) is 5.96 Å². The summed E-state index contributed by atoms with van der Waals surface area (Å²) in [7, 11) is 5.99. The maximum atomic E-state index is 4.29. The number of benzene rings is 1. The van der Waals surface area contributed by atoms with Crippen LogP contribution in [-0.2, 0) is 6.42 Å². The molecular formula is C16H25BrN4. The maximum Gasteiger partial charge on any atom is 0.199 e. The summed E-state index contributed by atoms with van der Waals surface area (Å²) >= 11 is 0. The van der Waals surface area contributed by atoms with Gasteiger partial charge >= 0.3 is 0 Å². The molecule has 1 aromatic rings. The molecule has 1 aliphatic heterocycles. The molecule has 0 spiro atoms. The molecule has 5 heteroatoms. The highest BCUT2D eigenvalue weighted by molar-refractivity contribution is 8.93. The van der Waals surface area contributed by atoms with Crippen molar-refractivity contribution in [3.8, 4) is 0 Å². The van der Waals surface area contributed by atoms with Crippen LogP contribution in [0.5, 0.6) is 0 Å². The van der Waals surface area contributed by atoms with Crippen LogP contribution in [0.15, 0.2) is 47.2 Å². The van der Waals surface area contributed by atoms with Crippen LogP contribution >= 0.6 is 17.0 Å². The van der Waals surface area contributed by atoms with E-state index < -0.39 is 0 Å². The van der Waals surface area contributed by atoms with Gasteiger partial charge in [0.1, 0.15) is 5.82 Å². The Balaban J connectivity index is 0.00000220. The molecule has 1 N–H and O–H groups in total. The van der Waals surface area contributed by atoms with Crippen molar-refractivity contribution in [2.45, 2.75) is 19.4 Å². The zero-order valence-electron chi connectivity index (χ0n) is 13.2. The lowest BCUT2D eigenvalue weighted by molar-refractivity contribution is 0.353. The molecule has 0 bridgehead atoms. The van der Waals surface area contributed by atoms with E-state index in [1.807, 2.05) is 7.05 Å². The van der Waals surface area contributed by atoms with Gasteiger partial charge in [-0.3, -0.25) is 4.99 Å². The Morgan fingerprint density at radius 2 is 1.95 bits per heavy atom. The highest BCUT2D eigenvalue weighted by Gasteiger charge is 2.20. The lowest BCUT2D eigenvalue weighted by Gasteiger charge is -2.36. The third-order valence-corrected chi connectivity index (χ3v) is 3.79. The molecule has 1 atom stereocenters. The van der Waals surface area contributed by atoms with Gasteiger partial charge in [-0.2, -0.15) is 0 Å². The van der Waals surface area contributed by atoms with E-state index >= 15 is 0 Å². The summed E-state index contributed by atoms with van der Waals surface area (Å²) < 4.78 is 0. The fourth-order valence-electron chi connectivity index (χ4n) is 2.28. The quantitative estimate of drug-likeness (QED) is 0.902. The minimum absolute atomic E-state index is 0. The highest BCUT2D eigenvalue weighted by Crippen LogP contribution is 2.12. The number of nitrogens with zero attached hydrogens (tertiary/aromatic N) is 3. The van der Waals surface area contributed by atoms with Crippen LogP contribution < -0.4 is 5.32 Å². The van der Waals surface area contributed by atoms with E-state index in [9.17, 15) is 0 Å². The zero-order valence-corrected chi connectivity index (χ0v) is 14.9. The van der Waals surface area contributed by atoms with E-state index in [1.165, 1.54) is 5.56 Å². The molecule has 1 heterocycles. The third kappa shape index (κ3) is 4.49. The standard InChI is InChI=1S/C16H24N4.BrH/c1-13-12-15(18-16(17-2)20(13)4)19(3)11-10-14-8-6-5-7-9-14;/h5-9,12-13H,10-11H2,1-4H3,(H,17,18);1H. The fourth-order valence-corrected chi connectivity index (χ4v) is 2.28. The Morgan fingerprint density at radius 1 is 1.29 bits per heavy atom. The van der Waals surface area contributed by atoms with E-state index in [0.717, 1.165) is 24.7 Å². The Bertz CT molecular complexity index is 498. The first-order valence-corrected chi connectivity index (χ1v) is 7.05. The van der Waals surface area contributed by atoms with Gasteiger partial charge in [0.25, 0.3) is 0 Å². The number of likely N-dealkylation sites (N-methyl/N-ethyl adjacent to an activating group) is 2. The van der Waals surface area contributed by atoms with Gasteiger partial charge in [-0.1, -0.05) is 30.3 Å². The van der Waals surface area contributed by atoms with Gasteiger partial charge < -0.3 is 15.1 Å². The van der Waals surface area contributed by atoms with Crippen LogP contribution in [0.25, 0.3) is 0 Å². The summed E-state index contributed by atoms with van der Waals surface area (Å²) in [6.07, 6.45) is 3.28. The monoisotopic (exact) mass is 352 g/mol. The van der Waals surface area contributed by atoms with Crippen LogP contribution in [0, 0.1) is 0 Å². The molecule has 1 aliphatic rings. The number of guanidine groups is 1.